The molecule has 1 fully saturated rings. The van der Waals surface area contributed by atoms with Crippen molar-refractivity contribution in [1.29, 1.82) is 0 Å². The lowest BCUT2D eigenvalue weighted by Crippen LogP contribution is -2.59. The number of nitrogens with zero attached hydrogens (tertiary/aromatic N) is 1. The minimum atomic E-state index is 0.227. The van der Waals surface area contributed by atoms with Gasteiger partial charge in [-0.3, -0.25) is 0 Å². The van der Waals surface area contributed by atoms with Gasteiger partial charge in [-0.2, -0.15) is 0 Å². The molecule has 0 bridgehead atoms. The zero-order valence-electron chi connectivity index (χ0n) is 9.43. The fourth-order valence-corrected chi connectivity index (χ4v) is 2.12. The van der Waals surface area contributed by atoms with Gasteiger partial charge in [0, 0.05) is 25.0 Å². The van der Waals surface area contributed by atoms with E-state index in [1.165, 1.54) is 0 Å². The third-order valence-corrected chi connectivity index (χ3v) is 2.90. The summed E-state index contributed by atoms with van der Waals surface area (Å²) in [5.41, 5.74) is 0.612. The quantitative estimate of drug-likeness (QED) is 0.724. The maximum absolute atomic E-state index is 9.23. The van der Waals surface area contributed by atoms with Gasteiger partial charge in [-0.1, -0.05) is 27.7 Å². The number of rotatable bonds is 3. The fourth-order valence-electron chi connectivity index (χ4n) is 2.12. The Balaban J connectivity index is 2.32. The van der Waals surface area contributed by atoms with Crippen molar-refractivity contribution < 1.29 is 5.11 Å². The van der Waals surface area contributed by atoms with Crippen LogP contribution in [0.15, 0.2) is 0 Å². The van der Waals surface area contributed by atoms with Gasteiger partial charge in [0.2, 0.25) is 0 Å². The van der Waals surface area contributed by atoms with E-state index in [0.29, 0.717) is 12.0 Å². The van der Waals surface area contributed by atoms with E-state index in [2.05, 4.69) is 32.6 Å². The van der Waals surface area contributed by atoms with Crippen LogP contribution in [0, 0.1) is 10.8 Å². The van der Waals surface area contributed by atoms with Gasteiger partial charge in [-0.15, -0.1) is 0 Å². The van der Waals surface area contributed by atoms with Crippen LogP contribution in [0.3, 0.4) is 0 Å². The first-order valence-electron chi connectivity index (χ1n) is 5.24. The molecular formula is C11H23NO. The van der Waals surface area contributed by atoms with Gasteiger partial charge >= 0.3 is 0 Å². The second-order valence-corrected chi connectivity index (χ2v) is 5.72. The van der Waals surface area contributed by atoms with Crippen molar-refractivity contribution in [2.45, 2.75) is 34.1 Å². The van der Waals surface area contributed by atoms with E-state index in [9.17, 15) is 5.11 Å². The van der Waals surface area contributed by atoms with Crippen LogP contribution in [0.5, 0.6) is 0 Å². The minimum Gasteiger partial charge on any atom is -0.396 e. The number of hydrogen-bond acceptors (Lipinski definition) is 2. The van der Waals surface area contributed by atoms with Crippen molar-refractivity contribution in [3.8, 4) is 0 Å². The molecule has 2 heteroatoms. The normalized spacial score (nSPS) is 22.8. The molecule has 0 aliphatic carbocycles. The molecular weight excluding hydrogens is 162 g/mol. The molecule has 0 radical (unpaired) electrons. The number of likely N-dealkylation sites (tertiary alicyclic amines) is 1. The largest absolute Gasteiger partial charge is 0.396 e. The van der Waals surface area contributed by atoms with Gasteiger partial charge in [0.25, 0.3) is 0 Å². The molecule has 0 saturated carbocycles. The number of aliphatic hydroxyl groups is 1. The van der Waals surface area contributed by atoms with Crippen molar-refractivity contribution >= 4 is 0 Å². The Morgan fingerprint density at radius 1 is 1.31 bits per heavy atom. The van der Waals surface area contributed by atoms with E-state index in [1.807, 2.05) is 0 Å². The van der Waals surface area contributed by atoms with Gasteiger partial charge in [0.1, 0.15) is 0 Å². The summed E-state index contributed by atoms with van der Waals surface area (Å²) in [5.74, 6) is 0. The van der Waals surface area contributed by atoms with Crippen molar-refractivity contribution in [2.24, 2.45) is 10.8 Å². The summed E-state index contributed by atoms with van der Waals surface area (Å²) < 4.78 is 0. The third kappa shape index (κ3) is 2.68. The Kier molecular flexibility index (Phi) is 3.03. The minimum absolute atomic E-state index is 0.227. The topological polar surface area (TPSA) is 23.5 Å². The monoisotopic (exact) mass is 185 g/mol. The van der Waals surface area contributed by atoms with Crippen molar-refractivity contribution in [3.63, 3.8) is 0 Å². The Morgan fingerprint density at radius 3 is 2.15 bits per heavy atom. The highest BCUT2D eigenvalue weighted by molar-refractivity contribution is 4.94. The van der Waals surface area contributed by atoms with Gasteiger partial charge < -0.3 is 10.0 Å². The zero-order chi connectivity index (χ0) is 10.1. The molecule has 1 N–H and O–H groups in total. The van der Waals surface area contributed by atoms with Gasteiger partial charge in [0.05, 0.1) is 6.61 Å². The fraction of sp³-hybridized carbons (Fsp3) is 1.00. The molecule has 0 amide bonds. The van der Waals surface area contributed by atoms with E-state index in [1.54, 1.807) is 0 Å². The predicted octanol–water partition coefficient (Wildman–Crippen LogP) is 1.74. The van der Waals surface area contributed by atoms with E-state index in [4.69, 9.17) is 0 Å². The van der Waals surface area contributed by atoms with Crippen LogP contribution in [-0.2, 0) is 0 Å². The van der Waals surface area contributed by atoms with Crippen molar-refractivity contribution in [2.75, 3.05) is 26.2 Å². The van der Waals surface area contributed by atoms with Crippen LogP contribution < -0.4 is 0 Å². The van der Waals surface area contributed by atoms with Gasteiger partial charge in [-0.05, 0) is 11.8 Å². The Labute approximate surface area is 81.9 Å². The summed E-state index contributed by atoms with van der Waals surface area (Å²) in [7, 11) is 0. The molecule has 0 aromatic heterocycles. The van der Waals surface area contributed by atoms with Crippen LogP contribution >= 0.6 is 0 Å². The van der Waals surface area contributed by atoms with Gasteiger partial charge in [-0.25, -0.2) is 0 Å². The van der Waals surface area contributed by atoms with E-state index in [0.717, 1.165) is 26.1 Å². The second-order valence-electron chi connectivity index (χ2n) is 5.72. The molecule has 1 rings (SSSR count). The van der Waals surface area contributed by atoms with Crippen LogP contribution in [0.2, 0.25) is 0 Å². The SMILES string of the molecule is CCC1(CO)CN(CC(C)(C)C)C1. The molecule has 0 spiro atoms. The summed E-state index contributed by atoms with van der Waals surface area (Å²) >= 11 is 0. The van der Waals surface area contributed by atoms with E-state index in [-0.39, 0.29) is 5.41 Å². The predicted molar refractivity (Wildman–Crippen MR) is 55.7 cm³/mol. The Morgan fingerprint density at radius 2 is 1.85 bits per heavy atom. The van der Waals surface area contributed by atoms with Crippen LogP contribution in [-0.4, -0.2) is 36.2 Å². The summed E-state index contributed by atoms with van der Waals surface area (Å²) in [6.45, 7) is 12.6. The Bertz CT molecular complexity index is 159. The molecule has 0 aromatic carbocycles. The van der Waals surface area contributed by atoms with Crippen molar-refractivity contribution in [3.05, 3.63) is 0 Å². The lowest BCUT2D eigenvalue weighted by Gasteiger charge is -2.51. The molecule has 1 aliphatic heterocycles. The molecule has 0 unspecified atom stereocenters. The van der Waals surface area contributed by atoms with Crippen molar-refractivity contribution in [1.82, 2.24) is 4.90 Å². The second kappa shape index (κ2) is 3.58. The van der Waals surface area contributed by atoms with Gasteiger partial charge in [0.15, 0.2) is 0 Å². The highest BCUT2D eigenvalue weighted by Gasteiger charge is 2.41. The summed E-state index contributed by atoms with van der Waals surface area (Å²) in [4.78, 5) is 2.44. The first-order valence-corrected chi connectivity index (χ1v) is 5.24. The third-order valence-electron chi connectivity index (χ3n) is 2.90. The summed E-state index contributed by atoms with van der Waals surface area (Å²) in [6, 6.07) is 0. The molecule has 0 atom stereocenters. The molecule has 0 aromatic rings. The van der Waals surface area contributed by atoms with Crippen LogP contribution in [0.25, 0.3) is 0 Å². The number of hydrogen-bond donors (Lipinski definition) is 1. The maximum Gasteiger partial charge on any atom is 0.0511 e. The highest BCUT2D eigenvalue weighted by Crippen LogP contribution is 2.34. The lowest BCUT2D eigenvalue weighted by molar-refractivity contribution is -0.0572. The average Bonchev–Trinajstić information content (AvgIpc) is 1.94. The lowest BCUT2D eigenvalue weighted by atomic mass is 9.77. The molecule has 13 heavy (non-hydrogen) atoms. The van der Waals surface area contributed by atoms with E-state index >= 15 is 0 Å². The highest BCUT2D eigenvalue weighted by atomic mass is 16.3. The first-order chi connectivity index (χ1) is 5.91. The molecule has 1 aliphatic rings. The summed E-state index contributed by atoms with van der Waals surface area (Å²) in [5, 5.41) is 9.23. The first kappa shape index (κ1) is 11.0. The molecule has 78 valence electrons. The average molecular weight is 185 g/mol. The molecule has 1 heterocycles. The smallest absolute Gasteiger partial charge is 0.0511 e. The maximum atomic E-state index is 9.23. The molecule has 2 nitrogen and oxygen atoms in total. The zero-order valence-corrected chi connectivity index (χ0v) is 9.43. The molecule has 1 saturated heterocycles. The van der Waals surface area contributed by atoms with Crippen LogP contribution in [0.4, 0.5) is 0 Å². The standard InChI is InChI=1S/C11H23NO/c1-5-11(9-13)7-12(8-11)6-10(2,3)4/h13H,5-9H2,1-4H3. The van der Waals surface area contributed by atoms with Crippen LogP contribution in [0.1, 0.15) is 34.1 Å². The number of aliphatic hydroxyl groups excluding tert-OH is 1. The Hall–Kier alpha value is -0.0800. The summed E-state index contributed by atoms with van der Waals surface area (Å²) in [6.07, 6.45) is 1.10. The van der Waals surface area contributed by atoms with E-state index < -0.39 is 0 Å².